The van der Waals surface area contributed by atoms with Gasteiger partial charge in [-0.3, -0.25) is 14.4 Å². The fraction of sp³-hybridized carbons (Fsp3) is 0.279. The predicted molar refractivity (Wildman–Crippen MR) is 337 cm³/mol. The van der Waals surface area contributed by atoms with Crippen LogP contribution in [0, 0.1) is 0 Å². The van der Waals surface area contributed by atoms with Crippen LogP contribution in [0.5, 0.6) is 11.5 Å². The van der Waals surface area contributed by atoms with Crippen LogP contribution in [0.25, 0.3) is 43.6 Å². The molecule has 0 saturated carbocycles. The van der Waals surface area contributed by atoms with Gasteiger partial charge in [-0.05, 0) is 160 Å². The number of hydrogen-bond donors (Lipinski definition) is 10. The van der Waals surface area contributed by atoms with Crippen molar-refractivity contribution in [3.63, 3.8) is 0 Å². The molecule has 6 heterocycles. The molecule has 4 amide bonds. The number of benzene rings is 6. The minimum absolute atomic E-state index is 0.0905. The second kappa shape index (κ2) is 25.8. The van der Waals surface area contributed by atoms with Gasteiger partial charge in [0, 0.05) is 119 Å². The molecule has 19 heteroatoms. The van der Waals surface area contributed by atoms with Crippen LogP contribution in [-0.2, 0) is 42.2 Å². The van der Waals surface area contributed by atoms with E-state index in [0.29, 0.717) is 55.1 Å². The fourth-order valence-electron chi connectivity index (χ4n) is 11.2. The minimum atomic E-state index is -0.511. The number of hydrogen-bond acceptors (Lipinski definition) is 11. The highest BCUT2D eigenvalue weighted by molar-refractivity contribution is 6.03. The van der Waals surface area contributed by atoms with E-state index in [1.807, 2.05) is 84.0 Å². The molecule has 12 rings (SSSR count). The summed E-state index contributed by atoms with van der Waals surface area (Å²) in [7, 11) is 0. The number of nitrogens with two attached hydrogens (primary N) is 1. The molecule has 10 aromatic rings. The number of ether oxygens (including phenoxy) is 2. The van der Waals surface area contributed by atoms with Crippen molar-refractivity contribution in [3.8, 4) is 11.5 Å². The van der Waals surface area contributed by atoms with Gasteiger partial charge in [0.1, 0.15) is 22.7 Å². The number of amides is 4. The van der Waals surface area contributed by atoms with E-state index in [1.54, 1.807) is 30.3 Å². The van der Waals surface area contributed by atoms with Crippen LogP contribution < -0.4 is 32.3 Å². The third kappa shape index (κ3) is 14.1. The molecule has 450 valence electrons. The van der Waals surface area contributed by atoms with Gasteiger partial charge in [-0.25, -0.2) is 9.59 Å². The molecule has 0 spiro atoms. The lowest BCUT2D eigenvalue weighted by atomic mass is 9.95. The van der Waals surface area contributed by atoms with Crippen LogP contribution in [0.2, 0.25) is 0 Å². The fourth-order valence-corrected chi connectivity index (χ4v) is 11.2. The van der Waals surface area contributed by atoms with Gasteiger partial charge < -0.3 is 71.1 Å². The maximum absolute atomic E-state index is 12.8. The molecule has 0 bridgehead atoms. The Balaban J connectivity index is 0.000000160. The maximum Gasteiger partial charge on any atom is 0.407 e. The Bertz CT molecular complexity index is 4180. The number of carbonyl (C=O) groups excluding carboxylic acids is 5. The number of carbonyl (C=O) groups is 5. The van der Waals surface area contributed by atoms with Crippen LogP contribution in [0.3, 0.4) is 0 Å². The van der Waals surface area contributed by atoms with E-state index in [-0.39, 0.29) is 35.4 Å². The zero-order valence-electron chi connectivity index (χ0n) is 49.7. The summed E-state index contributed by atoms with van der Waals surface area (Å²) in [6.45, 7) is 15.6. The van der Waals surface area contributed by atoms with E-state index in [4.69, 9.17) is 15.2 Å². The lowest BCUT2D eigenvalue weighted by molar-refractivity contribution is 0.0515. The molecule has 87 heavy (non-hydrogen) atoms. The van der Waals surface area contributed by atoms with Gasteiger partial charge in [0.2, 0.25) is 0 Å². The molecule has 2 unspecified atom stereocenters. The van der Waals surface area contributed by atoms with Crippen LogP contribution in [0.15, 0.2) is 146 Å². The largest absolute Gasteiger partial charge is 0.508 e. The topological polar surface area (TPSA) is 272 Å². The SMILES string of the molecule is CC(C)(C)OC(=O)NCCCn1ccc2ccc(CN)cc21.CC(C)(C)OC(=O)NCCCn1ccc2ccc(CNCc3[nH]c4ccccc4c3C3NC(=O)c4ccc(O)cc43)cc21.O=Cc1[nH]c2ccccc2c1C1NC(=O)c2ccc(O)cc21. The Morgan fingerprint density at radius 3 is 1.60 bits per heavy atom. The van der Waals surface area contributed by atoms with E-state index in [2.05, 4.69) is 113 Å². The van der Waals surface area contributed by atoms with Crippen LogP contribution >= 0.6 is 0 Å². The normalized spacial score (nSPS) is 14.4. The number of aromatic hydroxyl groups is 2. The molecule has 4 aromatic heterocycles. The summed E-state index contributed by atoms with van der Waals surface area (Å²) in [5, 5.41) is 39.4. The number of aryl methyl sites for hydroxylation is 2. The second-order valence-electron chi connectivity index (χ2n) is 23.7. The first-order chi connectivity index (χ1) is 41.7. The van der Waals surface area contributed by atoms with E-state index in [1.165, 1.54) is 22.4 Å². The first-order valence-corrected chi connectivity index (χ1v) is 29.2. The van der Waals surface area contributed by atoms with Crippen LogP contribution in [0.4, 0.5) is 9.59 Å². The molecule has 0 aliphatic carbocycles. The summed E-state index contributed by atoms with van der Waals surface area (Å²) in [5.41, 5.74) is 16.9. The van der Waals surface area contributed by atoms with Crippen molar-refractivity contribution >= 4 is 73.9 Å². The monoisotopic (exact) mass is 1170 g/mol. The minimum Gasteiger partial charge on any atom is -0.508 e. The number of nitrogens with zero attached hydrogens (tertiary/aromatic N) is 2. The van der Waals surface area contributed by atoms with Gasteiger partial charge in [0.05, 0.1) is 17.8 Å². The highest BCUT2D eigenvalue weighted by atomic mass is 16.6. The molecule has 2 atom stereocenters. The van der Waals surface area contributed by atoms with Gasteiger partial charge >= 0.3 is 12.2 Å². The third-order valence-corrected chi connectivity index (χ3v) is 15.1. The van der Waals surface area contributed by atoms with Gasteiger partial charge in [-0.2, -0.15) is 0 Å². The lowest BCUT2D eigenvalue weighted by Crippen LogP contribution is -2.33. The Kier molecular flexibility index (Phi) is 17.9. The highest BCUT2D eigenvalue weighted by Crippen LogP contribution is 2.40. The number of fused-ring (bicyclic) bond motifs is 6. The number of phenolic OH excluding ortho intramolecular Hbond substituents is 2. The van der Waals surface area contributed by atoms with Crippen molar-refractivity contribution in [2.45, 2.75) is 110 Å². The Hall–Kier alpha value is -9.85. The van der Waals surface area contributed by atoms with Gasteiger partial charge in [0.25, 0.3) is 11.8 Å². The van der Waals surface area contributed by atoms with Gasteiger partial charge in [-0.15, -0.1) is 0 Å². The highest BCUT2D eigenvalue weighted by Gasteiger charge is 2.35. The number of rotatable bonds is 16. The van der Waals surface area contributed by atoms with Crippen molar-refractivity contribution in [1.29, 1.82) is 0 Å². The van der Waals surface area contributed by atoms with Crippen molar-refractivity contribution in [3.05, 3.63) is 202 Å². The second-order valence-corrected chi connectivity index (χ2v) is 23.7. The molecule has 0 saturated heterocycles. The van der Waals surface area contributed by atoms with E-state index in [9.17, 15) is 34.2 Å². The quantitative estimate of drug-likeness (QED) is 0.0321. The Morgan fingerprint density at radius 1 is 0.598 bits per heavy atom. The standard InChI is InChI=1S/C34H37N5O4.C17H25N3O2.C17H12N2O3/c1-34(2,3)43-33(42)36-14-6-15-39-16-13-22-10-9-21(17-29(22)39)19-35-20-28-30(25-7-4-5-8-27(25)37-28)31-26-18-23(40)11-12-24(26)32(41)38-31;1-17(2,3)22-16(21)19-8-4-9-20-10-7-14-6-5-13(12-18)11-15(14)20;20-8-14-15(11-3-1-2-4-13(11)18-14)16-12-7-9(21)5-6-10(12)17(22)19-16/h4-5,7-13,16-18,31,35,37,40H,6,14-15,19-20H2,1-3H3,(H,36,42)(H,38,41);5-7,10-11H,4,8-9,12,18H2,1-3H3,(H,19,21);1-8,16,18,21H,(H,19,22). The number of para-hydroxylation sites is 2. The summed E-state index contributed by atoms with van der Waals surface area (Å²) in [4.78, 5) is 66.4. The average molecular weight is 1180 g/mol. The number of alkyl carbamates (subject to hydrolysis) is 2. The molecule has 6 aromatic carbocycles. The molecule has 0 radical (unpaired) electrons. The molecule has 2 aliphatic heterocycles. The van der Waals surface area contributed by atoms with Crippen molar-refractivity contribution < 1.29 is 43.7 Å². The zero-order chi connectivity index (χ0) is 61.6. The number of aromatic nitrogens is 4. The lowest BCUT2D eigenvalue weighted by Gasteiger charge is -2.19. The number of aldehydes is 1. The smallest absolute Gasteiger partial charge is 0.407 e. The zero-order valence-corrected chi connectivity index (χ0v) is 49.7. The van der Waals surface area contributed by atoms with Crippen molar-refractivity contribution in [2.75, 3.05) is 13.1 Å². The van der Waals surface area contributed by atoms with E-state index < -0.39 is 23.3 Å². The summed E-state index contributed by atoms with van der Waals surface area (Å²) in [5.74, 6) is -0.116. The summed E-state index contributed by atoms with van der Waals surface area (Å²) < 4.78 is 14.9. The van der Waals surface area contributed by atoms with Crippen LogP contribution in [0.1, 0.15) is 137 Å². The summed E-state index contributed by atoms with van der Waals surface area (Å²) in [6.07, 6.45) is 5.77. The summed E-state index contributed by atoms with van der Waals surface area (Å²) in [6, 6.07) is 41.3. The molecule has 11 N–H and O–H groups in total. The van der Waals surface area contributed by atoms with Crippen molar-refractivity contribution in [2.24, 2.45) is 5.73 Å². The number of nitrogens with one attached hydrogen (secondary N) is 7. The van der Waals surface area contributed by atoms with E-state index in [0.717, 1.165) is 93.1 Å². The van der Waals surface area contributed by atoms with Gasteiger partial charge in [-0.1, -0.05) is 60.7 Å². The Morgan fingerprint density at radius 2 is 1.08 bits per heavy atom. The average Bonchev–Trinajstić information content (AvgIpc) is 1.79. The predicted octanol–water partition coefficient (Wildman–Crippen LogP) is 11.4. The number of aromatic amines is 2. The summed E-state index contributed by atoms with van der Waals surface area (Å²) >= 11 is 0. The molecular weight excluding hydrogens is 1100 g/mol. The first kappa shape index (κ1) is 60.3. The molecule has 2 aliphatic rings. The first-order valence-electron chi connectivity index (χ1n) is 29.2. The third-order valence-electron chi connectivity index (χ3n) is 15.1. The molecular formula is C68H74N10O9. The Labute approximate surface area is 503 Å². The number of phenols is 2. The van der Waals surface area contributed by atoms with Crippen LogP contribution in [-0.4, -0.2) is 83.9 Å². The van der Waals surface area contributed by atoms with E-state index >= 15 is 0 Å². The number of H-pyrrole nitrogens is 2. The molecule has 19 nitrogen and oxygen atoms in total. The molecule has 0 fully saturated rings. The van der Waals surface area contributed by atoms with Gasteiger partial charge in [0.15, 0.2) is 6.29 Å². The maximum atomic E-state index is 12.8. The van der Waals surface area contributed by atoms with Crippen molar-refractivity contribution in [1.82, 2.24) is 45.7 Å².